The number of nitrogens with zero attached hydrogens (tertiary/aromatic N) is 4. The number of carbonyl (C=O) groups is 2. The number of anilines is 1. The first-order valence-electron chi connectivity index (χ1n) is 10.7. The van der Waals surface area contributed by atoms with Gasteiger partial charge in [0.1, 0.15) is 10.7 Å². The van der Waals surface area contributed by atoms with Crippen molar-refractivity contribution in [1.82, 2.24) is 19.5 Å². The number of hydrogen-bond donors (Lipinski definition) is 1. The first-order chi connectivity index (χ1) is 14.9. The average molecular weight is 452 g/mol. The fourth-order valence-corrected chi connectivity index (χ4v) is 5.28. The summed E-state index contributed by atoms with van der Waals surface area (Å²) in [5.41, 5.74) is 0. The maximum absolute atomic E-state index is 12.7. The second kappa shape index (κ2) is 9.09. The minimum atomic E-state index is -3.56. The molecule has 1 aromatic rings. The third kappa shape index (κ3) is 4.99. The van der Waals surface area contributed by atoms with Gasteiger partial charge in [-0.15, -0.1) is 0 Å². The molecule has 0 bridgehead atoms. The summed E-state index contributed by atoms with van der Waals surface area (Å²) in [5.74, 6) is 1.05. The van der Waals surface area contributed by atoms with Gasteiger partial charge < -0.3 is 19.9 Å². The van der Waals surface area contributed by atoms with Crippen molar-refractivity contribution < 1.29 is 22.7 Å². The Morgan fingerprint density at radius 1 is 1.13 bits per heavy atom. The second-order valence-electron chi connectivity index (χ2n) is 8.27. The van der Waals surface area contributed by atoms with E-state index in [1.165, 1.54) is 10.5 Å². The van der Waals surface area contributed by atoms with Crippen molar-refractivity contribution in [3.8, 4) is 0 Å². The molecule has 1 aliphatic carbocycles. The third-order valence-electron chi connectivity index (χ3n) is 6.15. The zero-order valence-electron chi connectivity index (χ0n) is 17.7. The molecule has 1 saturated carbocycles. The van der Waals surface area contributed by atoms with E-state index in [-0.39, 0.29) is 29.2 Å². The number of carbonyl (C=O) groups excluding carboxylic acids is 2. The van der Waals surface area contributed by atoms with E-state index in [2.05, 4.69) is 10.3 Å². The molecule has 3 aliphatic rings. The highest BCUT2D eigenvalue weighted by atomic mass is 32.2. The van der Waals surface area contributed by atoms with Crippen LogP contribution in [-0.4, -0.2) is 93.4 Å². The third-order valence-corrected chi connectivity index (χ3v) is 8.03. The Kier molecular flexibility index (Phi) is 6.44. The van der Waals surface area contributed by atoms with Crippen LogP contribution in [0.1, 0.15) is 13.3 Å². The van der Waals surface area contributed by atoms with Gasteiger partial charge in [-0.05, 0) is 24.5 Å². The van der Waals surface area contributed by atoms with Gasteiger partial charge in [0.15, 0.2) is 0 Å². The molecule has 2 atom stereocenters. The lowest BCUT2D eigenvalue weighted by atomic mass is 10.3. The monoisotopic (exact) mass is 451 g/mol. The first kappa shape index (κ1) is 22.0. The Morgan fingerprint density at radius 2 is 1.81 bits per heavy atom. The van der Waals surface area contributed by atoms with E-state index < -0.39 is 10.0 Å². The van der Waals surface area contributed by atoms with E-state index in [0.29, 0.717) is 64.2 Å². The van der Waals surface area contributed by atoms with Crippen LogP contribution in [0.5, 0.6) is 0 Å². The number of ether oxygens (including phenoxy) is 1. The smallest absolute Gasteiger partial charge is 0.244 e. The van der Waals surface area contributed by atoms with Gasteiger partial charge in [0.25, 0.3) is 0 Å². The van der Waals surface area contributed by atoms with Crippen molar-refractivity contribution >= 4 is 27.7 Å². The quantitative estimate of drug-likeness (QED) is 0.622. The van der Waals surface area contributed by atoms with Gasteiger partial charge in [-0.3, -0.25) is 9.59 Å². The summed E-state index contributed by atoms with van der Waals surface area (Å²) < 4.78 is 32.1. The standard InChI is InChI=1S/C20H29N5O5S/c1-15-12-17(15)20(27)22-14-19(26)24-6-4-23(5-7-24)18-3-2-16(13-21-18)31(28,29)25-8-10-30-11-9-25/h2-3,13,15,17H,4-12,14H2,1H3,(H,22,27)/t15-,17+/m0/s1. The summed E-state index contributed by atoms with van der Waals surface area (Å²) >= 11 is 0. The van der Waals surface area contributed by atoms with Crippen LogP contribution in [0, 0.1) is 11.8 Å². The fraction of sp³-hybridized carbons (Fsp3) is 0.650. The number of nitrogens with one attached hydrogen (secondary N) is 1. The van der Waals surface area contributed by atoms with Crippen molar-refractivity contribution in [2.45, 2.75) is 18.2 Å². The van der Waals surface area contributed by atoms with Gasteiger partial charge >= 0.3 is 0 Å². The molecule has 4 rings (SSSR count). The Bertz CT molecular complexity index is 908. The SMILES string of the molecule is C[C@H]1C[C@H]1C(=O)NCC(=O)N1CCN(c2ccc(S(=O)(=O)N3CCOCC3)cn2)CC1. The van der Waals surface area contributed by atoms with Crippen molar-refractivity contribution in [2.24, 2.45) is 11.8 Å². The molecule has 0 spiro atoms. The van der Waals surface area contributed by atoms with Crippen LogP contribution in [0.15, 0.2) is 23.2 Å². The first-order valence-corrected chi connectivity index (χ1v) is 12.1. The number of rotatable bonds is 6. The van der Waals surface area contributed by atoms with Crippen LogP contribution >= 0.6 is 0 Å². The molecule has 0 unspecified atom stereocenters. The van der Waals surface area contributed by atoms with E-state index in [0.717, 1.165) is 6.42 Å². The van der Waals surface area contributed by atoms with Crippen molar-refractivity contribution in [3.63, 3.8) is 0 Å². The summed E-state index contributed by atoms with van der Waals surface area (Å²) in [7, 11) is -3.56. The van der Waals surface area contributed by atoms with Gasteiger partial charge in [0.05, 0.1) is 19.8 Å². The molecule has 1 N–H and O–H groups in total. The number of aromatic nitrogens is 1. The number of pyridine rings is 1. The number of hydrogen-bond acceptors (Lipinski definition) is 7. The lowest BCUT2D eigenvalue weighted by molar-refractivity contribution is -0.133. The summed E-state index contributed by atoms with van der Waals surface area (Å²) in [6.45, 7) is 5.82. The molecule has 2 amide bonds. The maximum atomic E-state index is 12.7. The maximum Gasteiger partial charge on any atom is 0.244 e. The highest BCUT2D eigenvalue weighted by molar-refractivity contribution is 7.89. The van der Waals surface area contributed by atoms with E-state index >= 15 is 0 Å². The molecule has 2 saturated heterocycles. The van der Waals surface area contributed by atoms with Crippen molar-refractivity contribution in [2.75, 3.05) is 63.9 Å². The Hall–Kier alpha value is -2.24. The predicted molar refractivity (Wildman–Crippen MR) is 113 cm³/mol. The molecule has 0 radical (unpaired) electrons. The van der Waals surface area contributed by atoms with Crippen LogP contribution in [0.25, 0.3) is 0 Å². The van der Waals surface area contributed by atoms with Crippen LogP contribution in [-0.2, 0) is 24.3 Å². The molecule has 2 aliphatic heterocycles. The molecule has 3 heterocycles. The zero-order chi connectivity index (χ0) is 22.0. The van der Waals surface area contributed by atoms with E-state index in [9.17, 15) is 18.0 Å². The summed E-state index contributed by atoms with van der Waals surface area (Å²) in [6, 6.07) is 3.29. The summed E-state index contributed by atoms with van der Waals surface area (Å²) in [4.78, 5) is 32.6. The van der Waals surface area contributed by atoms with Gasteiger partial charge in [0.2, 0.25) is 21.8 Å². The predicted octanol–water partition coefficient (Wildman–Crippen LogP) is -0.477. The van der Waals surface area contributed by atoms with Crippen LogP contribution in [0.4, 0.5) is 5.82 Å². The number of morpholine rings is 1. The molecule has 31 heavy (non-hydrogen) atoms. The molecule has 1 aromatic heterocycles. The molecular formula is C20H29N5O5S. The van der Waals surface area contributed by atoms with E-state index in [1.54, 1.807) is 17.0 Å². The topological polar surface area (TPSA) is 112 Å². The van der Waals surface area contributed by atoms with Crippen LogP contribution in [0.2, 0.25) is 0 Å². The largest absolute Gasteiger partial charge is 0.379 e. The molecule has 0 aromatic carbocycles. The van der Waals surface area contributed by atoms with Crippen molar-refractivity contribution in [1.29, 1.82) is 0 Å². The molecule has 10 nitrogen and oxygen atoms in total. The zero-order valence-corrected chi connectivity index (χ0v) is 18.5. The van der Waals surface area contributed by atoms with Crippen molar-refractivity contribution in [3.05, 3.63) is 18.3 Å². The van der Waals surface area contributed by atoms with Gasteiger partial charge in [-0.25, -0.2) is 13.4 Å². The van der Waals surface area contributed by atoms with Gasteiger partial charge in [0, 0.05) is 51.4 Å². The molecule has 3 fully saturated rings. The lowest BCUT2D eigenvalue weighted by Crippen LogP contribution is -2.51. The van der Waals surface area contributed by atoms with Crippen LogP contribution in [0.3, 0.4) is 0 Å². The van der Waals surface area contributed by atoms with Gasteiger partial charge in [-0.2, -0.15) is 4.31 Å². The number of sulfonamides is 1. The minimum Gasteiger partial charge on any atom is -0.379 e. The Labute approximate surface area is 182 Å². The minimum absolute atomic E-state index is 0.0317. The molecule has 11 heteroatoms. The summed E-state index contributed by atoms with van der Waals surface area (Å²) in [6.07, 6.45) is 2.30. The second-order valence-corrected chi connectivity index (χ2v) is 10.2. The molecule has 170 valence electrons. The normalized spacial score (nSPS) is 24.7. The van der Waals surface area contributed by atoms with Gasteiger partial charge in [-0.1, -0.05) is 6.92 Å². The number of amides is 2. The Morgan fingerprint density at radius 3 is 2.39 bits per heavy atom. The average Bonchev–Trinajstić information content (AvgIpc) is 3.54. The number of piperazine rings is 1. The summed E-state index contributed by atoms with van der Waals surface area (Å²) in [5, 5.41) is 2.74. The lowest BCUT2D eigenvalue weighted by Gasteiger charge is -2.35. The Balaban J connectivity index is 1.27. The van der Waals surface area contributed by atoms with E-state index in [1.807, 2.05) is 11.8 Å². The highest BCUT2D eigenvalue weighted by Crippen LogP contribution is 2.37. The fourth-order valence-electron chi connectivity index (χ4n) is 3.93. The highest BCUT2D eigenvalue weighted by Gasteiger charge is 2.39. The van der Waals surface area contributed by atoms with E-state index in [4.69, 9.17) is 4.74 Å². The van der Waals surface area contributed by atoms with Crippen LogP contribution < -0.4 is 10.2 Å². The molecular weight excluding hydrogens is 422 g/mol.